The SMILES string of the molecule is CC(=O)c1cc(OCCOCCOCCOC(C)C)ccn1. The van der Waals surface area contributed by atoms with Gasteiger partial charge in [0.2, 0.25) is 0 Å². The third-order valence-electron chi connectivity index (χ3n) is 2.64. The highest BCUT2D eigenvalue weighted by Crippen LogP contribution is 2.11. The first-order chi connectivity index (χ1) is 10.6. The molecular weight excluding hydrogens is 286 g/mol. The number of rotatable bonds is 12. The Morgan fingerprint density at radius 1 is 1.09 bits per heavy atom. The molecule has 1 aromatic heterocycles. The number of hydrogen-bond donors (Lipinski definition) is 0. The van der Waals surface area contributed by atoms with Crippen molar-refractivity contribution in [1.82, 2.24) is 4.98 Å². The molecule has 0 aromatic carbocycles. The summed E-state index contributed by atoms with van der Waals surface area (Å²) in [5.41, 5.74) is 0.399. The van der Waals surface area contributed by atoms with E-state index in [0.29, 0.717) is 51.1 Å². The van der Waals surface area contributed by atoms with Gasteiger partial charge in [-0.3, -0.25) is 9.78 Å². The topological polar surface area (TPSA) is 66.9 Å². The number of aromatic nitrogens is 1. The molecule has 1 rings (SSSR count). The molecule has 0 saturated heterocycles. The molecular formula is C16H25NO5. The molecule has 1 heterocycles. The smallest absolute Gasteiger partial charge is 0.178 e. The molecule has 0 radical (unpaired) electrons. The average Bonchev–Trinajstić information content (AvgIpc) is 2.49. The first-order valence-electron chi connectivity index (χ1n) is 7.46. The van der Waals surface area contributed by atoms with Crippen LogP contribution < -0.4 is 4.74 Å². The van der Waals surface area contributed by atoms with Gasteiger partial charge in [-0.2, -0.15) is 0 Å². The number of ketones is 1. The Balaban J connectivity index is 1.99. The zero-order valence-electron chi connectivity index (χ0n) is 13.5. The van der Waals surface area contributed by atoms with Gasteiger partial charge in [-0.15, -0.1) is 0 Å². The Labute approximate surface area is 131 Å². The van der Waals surface area contributed by atoms with Crippen LogP contribution in [-0.4, -0.2) is 56.5 Å². The molecule has 0 aliphatic heterocycles. The Morgan fingerprint density at radius 2 is 1.73 bits per heavy atom. The first kappa shape index (κ1) is 18.5. The molecule has 124 valence electrons. The van der Waals surface area contributed by atoms with E-state index >= 15 is 0 Å². The predicted molar refractivity (Wildman–Crippen MR) is 82.5 cm³/mol. The maximum atomic E-state index is 11.2. The van der Waals surface area contributed by atoms with Gasteiger partial charge in [0.1, 0.15) is 18.1 Å². The van der Waals surface area contributed by atoms with Gasteiger partial charge in [0.05, 0.1) is 39.1 Å². The number of Topliss-reactive ketones (excluding diaryl/α,β-unsaturated/α-hetero) is 1. The Kier molecular flexibility index (Phi) is 9.37. The van der Waals surface area contributed by atoms with Crippen LogP contribution in [0.3, 0.4) is 0 Å². The summed E-state index contributed by atoms with van der Waals surface area (Å²) in [6.07, 6.45) is 1.79. The van der Waals surface area contributed by atoms with E-state index in [2.05, 4.69) is 4.98 Å². The van der Waals surface area contributed by atoms with Gasteiger partial charge in [-0.1, -0.05) is 0 Å². The van der Waals surface area contributed by atoms with Gasteiger partial charge in [-0.05, 0) is 19.9 Å². The van der Waals surface area contributed by atoms with Crippen LogP contribution >= 0.6 is 0 Å². The molecule has 0 spiro atoms. The van der Waals surface area contributed by atoms with Gasteiger partial charge in [0.25, 0.3) is 0 Å². The normalized spacial score (nSPS) is 10.9. The zero-order valence-corrected chi connectivity index (χ0v) is 13.5. The summed E-state index contributed by atoms with van der Waals surface area (Å²) in [6, 6.07) is 3.34. The van der Waals surface area contributed by atoms with Crippen LogP contribution in [0.15, 0.2) is 18.3 Å². The number of pyridine rings is 1. The minimum atomic E-state index is -0.0831. The summed E-state index contributed by atoms with van der Waals surface area (Å²) < 4.78 is 21.6. The van der Waals surface area contributed by atoms with Gasteiger partial charge >= 0.3 is 0 Å². The zero-order chi connectivity index (χ0) is 16.2. The quantitative estimate of drug-likeness (QED) is 0.435. The van der Waals surface area contributed by atoms with Crippen LogP contribution in [0.2, 0.25) is 0 Å². The molecule has 0 atom stereocenters. The number of carbonyl (C=O) groups is 1. The lowest BCUT2D eigenvalue weighted by Crippen LogP contribution is -2.14. The number of carbonyl (C=O) groups excluding carboxylic acids is 1. The Morgan fingerprint density at radius 3 is 2.36 bits per heavy atom. The van der Waals surface area contributed by atoms with Crippen molar-refractivity contribution >= 4 is 5.78 Å². The lowest BCUT2D eigenvalue weighted by Gasteiger charge is -2.09. The van der Waals surface area contributed by atoms with Crippen molar-refractivity contribution in [2.45, 2.75) is 26.9 Å². The van der Waals surface area contributed by atoms with E-state index in [1.807, 2.05) is 13.8 Å². The summed E-state index contributed by atoms with van der Waals surface area (Å²) in [5.74, 6) is 0.533. The van der Waals surface area contributed by atoms with Gasteiger partial charge < -0.3 is 18.9 Å². The van der Waals surface area contributed by atoms with Gasteiger partial charge in [0, 0.05) is 19.2 Å². The molecule has 0 amide bonds. The van der Waals surface area contributed by atoms with E-state index in [-0.39, 0.29) is 11.9 Å². The second-order valence-corrected chi connectivity index (χ2v) is 4.93. The van der Waals surface area contributed by atoms with Crippen LogP contribution in [0.1, 0.15) is 31.3 Å². The lowest BCUT2D eigenvalue weighted by molar-refractivity contribution is -0.00466. The largest absolute Gasteiger partial charge is 0.491 e. The van der Waals surface area contributed by atoms with E-state index in [0.717, 1.165) is 0 Å². The van der Waals surface area contributed by atoms with Crippen molar-refractivity contribution in [3.63, 3.8) is 0 Å². The molecule has 0 N–H and O–H groups in total. The van der Waals surface area contributed by atoms with E-state index in [9.17, 15) is 4.79 Å². The molecule has 0 bridgehead atoms. The minimum Gasteiger partial charge on any atom is -0.491 e. The van der Waals surface area contributed by atoms with Gasteiger partial charge in [0.15, 0.2) is 5.78 Å². The van der Waals surface area contributed by atoms with E-state index in [4.69, 9.17) is 18.9 Å². The molecule has 0 fully saturated rings. The maximum Gasteiger partial charge on any atom is 0.178 e. The van der Waals surface area contributed by atoms with Crippen LogP contribution in [0.25, 0.3) is 0 Å². The molecule has 0 aliphatic carbocycles. The van der Waals surface area contributed by atoms with Crippen molar-refractivity contribution in [1.29, 1.82) is 0 Å². The van der Waals surface area contributed by atoms with E-state index in [1.165, 1.54) is 6.92 Å². The second-order valence-electron chi connectivity index (χ2n) is 4.93. The summed E-state index contributed by atoms with van der Waals surface area (Å²) >= 11 is 0. The van der Waals surface area contributed by atoms with Crippen molar-refractivity contribution in [2.24, 2.45) is 0 Å². The lowest BCUT2D eigenvalue weighted by atomic mass is 10.3. The Bertz CT molecular complexity index is 436. The maximum absolute atomic E-state index is 11.2. The Hall–Kier alpha value is -1.50. The van der Waals surface area contributed by atoms with Crippen LogP contribution in [-0.2, 0) is 14.2 Å². The number of hydrogen-bond acceptors (Lipinski definition) is 6. The van der Waals surface area contributed by atoms with Crippen LogP contribution in [0.4, 0.5) is 0 Å². The van der Waals surface area contributed by atoms with Crippen LogP contribution in [0, 0.1) is 0 Å². The van der Waals surface area contributed by atoms with Crippen molar-refractivity contribution < 1.29 is 23.7 Å². The number of nitrogens with zero attached hydrogens (tertiary/aromatic N) is 1. The van der Waals surface area contributed by atoms with E-state index < -0.39 is 0 Å². The third kappa shape index (κ3) is 8.71. The highest BCUT2D eigenvalue weighted by atomic mass is 16.6. The fourth-order valence-corrected chi connectivity index (χ4v) is 1.58. The molecule has 0 saturated carbocycles. The molecule has 0 aliphatic rings. The third-order valence-corrected chi connectivity index (χ3v) is 2.64. The highest BCUT2D eigenvalue weighted by molar-refractivity contribution is 5.92. The first-order valence-corrected chi connectivity index (χ1v) is 7.46. The predicted octanol–water partition coefficient (Wildman–Crippen LogP) is 2.12. The summed E-state index contributed by atoms with van der Waals surface area (Å²) in [4.78, 5) is 15.1. The molecule has 1 aromatic rings. The molecule has 6 nitrogen and oxygen atoms in total. The molecule has 0 unspecified atom stereocenters. The highest BCUT2D eigenvalue weighted by Gasteiger charge is 2.02. The summed E-state index contributed by atoms with van der Waals surface area (Å²) in [7, 11) is 0. The van der Waals surface area contributed by atoms with Crippen molar-refractivity contribution in [3.05, 3.63) is 24.0 Å². The fourth-order valence-electron chi connectivity index (χ4n) is 1.58. The average molecular weight is 311 g/mol. The monoisotopic (exact) mass is 311 g/mol. The molecule has 6 heteroatoms. The van der Waals surface area contributed by atoms with Crippen LogP contribution in [0.5, 0.6) is 5.75 Å². The number of ether oxygens (including phenoxy) is 4. The minimum absolute atomic E-state index is 0.0831. The summed E-state index contributed by atoms with van der Waals surface area (Å²) in [6.45, 7) is 8.55. The second kappa shape index (κ2) is 11.1. The summed E-state index contributed by atoms with van der Waals surface area (Å²) in [5, 5.41) is 0. The fraction of sp³-hybridized carbons (Fsp3) is 0.625. The standard InChI is InChI=1S/C16H25NO5/c1-13(2)21-10-8-19-6-7-20-9-11-22-15-4-5-17-16(12-15)14(3)18/h4-5,12-13H,6-11H2,1-3H3. The van der Waals surface area contributed by atoms with Crippen molar-refractivity contribution in [3.8, 4) is 5.75 Å². The molecule has 22 heavy (non-hydrogen) atoms. The van der Waals surface area contributed by atoms with Gasteiger partial charge in [-0.25, -0.2) is 0 Å². The van der Waals surface area contributed by atoms with E-state index in [1.54, 1.807) is 18.3 Å². The van der Waals surface area contributed by atoms with Crippen molar-refractivity contribution in [2.75, 3.05) is 39.6 Å².